The van der Waals surface area contributed by atoms with Crippen molar-refractivity contribution >= 4 is 15.5 Å². The van der Waals surface area contributed by atoms with Gasteiger partial charge in [0.15, 0.2) is 0 Å². The van der Waals surface area contributed by atoms with Gasteiger partial charge in [0.2, 0.25) is 0 Å². The molecule has 0 bridgehead atoms. The van der Waals surface area contributed by atoms with Gasteiger partial charge < -0.3 is 5.32 Å². The van der Waals surface area contributed by atoms with E-state index in [0.717, 1.165) is 18.7 Å². The third kappa shape index (κ3) is 2.72. The summed E-state index contributed by atoms with van der Waals surface area (Å²) in [5.41, 5.74) is 2.36. The summed E-state index contributed by atoms with van der Waals surface area (Å²) in [5.74, 6) is 0.476. The summed E-state index contributed by atoms with van der Waals surface area (Å²) in [7, 11) is -2.87. The molecule has 1 aromatic carbocycles. The van der Waals surface area contributed by atoms with E-state index in [1.165, 1.54) is 11.8 Å². The van der Waals surface area contributed by atoms with E-state index in [1.54, 1.807) is 0 Å². The quantitative estimate of drug-likeness (QED) is 0.825. The van der Waals surface area contributed by atoms with Crippen LogP contribution in [0.4, 0.5) is 5.69 Å². The fraction of sp³-hybridized carbons (Fsp3) is 0.455. The smallest absolute Gasteiger partial charge is 0.147 e. The minimum Gasteiger partial charge on any atom is -0.384 e. The molecule has 0 amide bonds. The lowest BCUT2D eigenvalue weighted by Crippen LogP contribution is -2.28. The van der Waals surface area contributed by atoms with Gasteiger partial charge in [-0.2, -0.15) is 0 Å². The van der Waals surface area contributed by atoms with Gasteiger partial charge in [0.25, 0.3) is 0 Å². The summed E-state index contributed by atoms with van der Waals surface area (Å²) in [6.45, 7) is 0.754. The highest BCUT2D eigenvalue weighted by molar-refractivity contribution is 7.90. The number of benzene rings is 1. The first-order valence-corrected chi connectivity index (χ1v) is 7.10. The van der Waals surface area contributed by atoms with E-state index < -0.39 is 9.84 Å². The van der Waals surface area contributed by atoms with Crippen LogP contribution < -0.4 is 5.32 Å². The Morgan fingerprint density at radius 3 is 2.87 bits per heavy atom. The van der Waals surface area contributed by atoms with Crippen LogP contribution in [0.5, 0.6) is 0 Å². The number of hydrogen-bond acceptors (Lipinski definition) is 3. The maximum Gasteiger partial charge on any atom is 0.147 e. The Morgan fingerprint density at radius 2 is 2.13 bits per heavy atom. The van der Waals surface area contributed by atoms with Crippen LogP contribution >= 0.6 is 0 Å². The monoisotopic (exact) mass is 225 g/mol. The van der Waals surface area contributed by atoms with E-state index >= 15 is 0 Å². The number of fused-ring (bicyclic) bond motifs is 1. The molecular weight excluding hydrogens is 210 g/mol. The van der Waals surface area contributed by atoms with Gasteiger partial charge in [-0.15, -0.1) is 0 Å². The summed E-state index contributed by atoms with van der Waals surface area (Å²) in [6, 6.07) is 8.06. The highest BCUT2D eigenvalue weighted by atomic mass is 32.2. The van der Waals surface area contributed by atoms with Gasteiger partial charge in [-0.3, -0.25) is 0 Å². The molecule has 0 saturated carbocycles. The Balaban J connectivity index is 2.12. The summed E-state index contributed by atoms with van der Waals surface area (Å²) in [5, 5.41) is 3.27. The zero-order valence-electron chi connectivity index (χ0n) is 8.73. The Morgan fingerprint density at radius 1 is 1.40 bits per heavy atom. The highest BCUT2D eigenvalue weighted by Gasteiger charge is 2.21. The first-order valence-electron chi connectivity index (χ1n) is 5.04. The van der Waals surface area contributed by atoms with Crippen LogP contribution in [0.1, 0.15) is 5.56 Å². The molecule has 1 atom stereocenters. The minimum absolute atomic E-state index is 0.204. The van der Waals surface area contributed by atoms with Crippen LogP contribution in [-0.4, -0.2) is 27.0 Å². The van der Waals surface area contributed by atoms with E-state index in [4.69, 9.17) is 0 Å². The normalized spacial score (nSPS) is 20.5. The van der Waals surface area contributed by atoms with Gasteiger partial charge >= 0.3 is 0 Å². The molecule has 3 nitrogen and oxygen atoms in total. The predicted octanol–water partition coefficient (Wildman–Crippen LogP) is 1.32. The molecule has 15 heavy (non-hydrogen) atoms. The summed E-state index contributed by atoms with van der Waals surface area (Å²) < 4.78 is 22.4. The van der Waals surface area contributed by atoms with Crippen LogP contribution in [0.2, 0.25) is 0 Å². The standard InChI is InChI=1S/C11H15NO2S/c1-15(13,14)8-9-6-10-4-2-3-5-11(10)12-7-9/h2-5,9,12H,6-8H2,1H3. The summed E-state index contributed by atoms with van der Waals surface area (Å²) in [4.78, 5) is 0. The van der Waals surface area contributed by atoms with Crippen molar-refractivity contribution in [3.8, 4) is 0 Å². The maximum absolute atomic E-state index is 11.2. The molecule has 82 valence electrons. The number of sulfone groups is 1. The third-order valence-electron chi connectivity index (χ3n) is 2.65. The van der Waals surface area contributed by atoms with Crippen LogP contribution in [0.3, 0.4) is 0 Å². The van der Waals surface area contributed by atoms with E-state index in [1.807, 2.05) is 18.2 Å². The molecule has 0 aromatic heterocycles. The van der Waals surface area contributed by atoms with E-state index in [-0.39, 0.29) is 11.7 Å². The average molecular weight is 225 g/mol. The summed E-state index contributed by atoms with van der Waals surface area (Å²) >= 11 is 0. The molecule has 1 aliphatic heterocycles. The number of nitrogens with one attached hydrogen (secondary N) is 1. The molecule has 0 fully saturated rings. The van der Waals surface area contributed by atoms with Crippen molar-refractivity contribution in [3.05, 3.63) is 29.8 Å². The van der Waals surface area contributed by atoms with Gasteiger partial charge in [0, 0.05) is 18.5 Å². The molecule has 0 radical (unpaired) electrons. The van der Waals surface area contributed by atoms with Gasteiger partial charge in [0.1, 0.15) is 9.84 Å². The van der Waals surface area contributed by atoms with Crippen molar-refractivity contribution in [1.29, 1.82) is 0 Å². The zero-order valence-corrected chi connectivity index (χ0v) is 9.55. The second-order valence-electron chi connectivity index (χ2n) is 4.20. The molecule has 1 aromatic rings. The van der Waals surface area contributed by atoms with Crippen LogP contribution in [0.15, 0.2) is 24.3 Å². The first kappa shape index (κ1) is 10.5. The fourth-order valence-electron chi connectivity index (χ4n) is 2.05. The SMILES string of the molecule is CS(=O)(=O)CC1CNc2ccccc2C1. The average Bonchev–Trinajstić information content (AvgIpc) is 2.15. The minimum atomic E-state index is -2.87. The summed E-state index contributed by atoms with van der Waals surface area (Å²) in [6.07, 6.45) is 2.16. The molecular formula is C11H15NO2S. The van der Waals surface area contributed by atoms with Crippen LogP contribution in [-0.2, 0) is 16.3 Å². The van der Waals surface area contributed by atoms with Crippen molar-refractivity contribution < 1.29 is 8.42 Å². The molecule has 0 saturated heterocycles. The molecule has 1 aliphatic rings. The Kier molecular flexibility index (Phi) is 2.69. The zero-order chi connectivity index (χ0) is 10.9. The highest BCUT2D eigenvalue weighted by Crippen LogP contribution is 2.24. The largest absolute Gasteiger partial charge is 0.384 e. The van der Waals surface area contributed by atoms with Crippen molar-refractivity contribution in [2.24, 2.45) is 5.92 Å². The van der Waals surface area contributed by atoms with Gasteiger partial charge in [-0.1, -0.05) is 18.2 Å². The topological polar surface area (TPSA) is 46.2 Å². The lowest BCUT2D eigenvalue weighted by atomic mass is 9.95. The second kappa shape index (κ2) is 3.85. The third-order valence-corrected chi connectivity index (χ3v) is 3.72. The molecule has 0 aliphatic carbocycles. The molecule has 1 N–H and O–H groups in total. The van der Waals surface area contributed by atoms with Gasteiger partial charge in [-0.25, -0.2) is 8.42 Å². The molecule has 1 heterocycles. The molecule has 0 spiro atoms. The predicted molar refractivity (Wildman–Crippen MR) is 61.8 cm³/mol. The van der Waals surface area contributed by atoms with Gasteiger partial charge in [-0.05, 0) is 24.0 Å². The Hall–Kier alpha value is -1.03. The number of rotatable bonds is 2. The number of hydrogen-bond donors (Lipinski definition) is 1. The van der Waals surface area contributed by atoms with Gasteiger partial charge in [0.05, 0.1) is 5.75 Å². The Labute approximate surface area is 90.4 Å². The lowest BCUT2D eigenvalue weighted by molar-refractivity contribution is 0.557. The molecule has 2 rings (SSSR count). The molecule has 4 heteroatoms. The van der Waals surface area contributed by atoms with E-state index in [0.29, 0.717) is 0 Å². The second-order valence-corrected chi connectivity index (χ2v) is 6.39. The van der Waals surface area contributed by atoms with E-state index in [2.05, 4.69) is 11.4 Å². The van der Waals surface area contributed by atoms with Crippen molar-refractivity contribution in [3.63, 3.8) is 0 Å². The van der Waals surface area contributed by atoms with Crippen LogP contribution in [0, 0.1) is 5.92 Å². The fourth-order valence-corrected chi connectivity index (χ4v) is 3.15. The van der Waals surface area contributed by atoms with Crippen LogP contribution in [0.25, 0.3) is 0 Å². The Bertz CT molecular complexity index is 453. The number of anilines is 1. The van der Waals surface area contributed by atoms with Crippen molar-refractivity contribution in [1.82, 2.24) is 0 Å². The van der Waals surface area contributed by atoms with Crippen molar-refractivity contribution in [2.75, 3.05) is 23.9 Å². The molecule has 1 unspecified atom stereocenters. The lowest BCUT2D eigenvalue weighted by Gasteiger charge is -2.25. The van der Waals surface area contributed by atoms with E-state index in [9.17, 15) is 8.42 Å². The number of para-hydroxylation sites is 1. The maximum atomic E-state index is 11.2. The first-order chi connectivity index (χ1) is 7.04. The van der Waals surface area contributed by atoms with Crippen molar-refractivity contribution in [2.45, 2.75) is 6.42 Å².